The van der Waals surface area contributed by atoms with Gasteiger partial charge in [0.1, 0.15) is 0 Å². The van der Waals surface area contributed by atoms with Crippen molar-refractivity contribution in [2.24, 2.45) is 17.9 Å². The lowest BCUT2D eigenvalue weighted by molar-refractivity contribution is 0.170. The van der Waals surface area contributed by atoms with Gasteiger partial charge in [0.15, 0.2) is 0 Å². The van der Waals surface area contributed by atoms with Gasteiger partial charge in [-0.15, -0.1) is 0 Å². The van der Waals surface area contributed by atoms with Crippen LogP contribution in [0.3, 0.4) is 0 Å². The number of halogens is 2. The van der Waals surface area contributed by atoms with Crippen molar-refractivity contribution in [1.82, 2.24) is 9.36 Å². The zero-order chi connectivity index (χ0) is 17.2. The lowest BCUT2D eigenvalue weighted by atomic mass is 9.65. The highest BCUT2D eigenvalue weighted by Gasteiger charge is 2.89. The lowest BCUT2D eigenvalue weighted by Crippen LogP contribution is -2.33. The minimum Gasteiger partial charge on any atom is -0.284 e. The Morgan fingerprint density at radius 3 is 2.50 bits per heavy atom. The largest absolute Gasteiger partial charge is 0.284 e. The number of nitrogens with zero attached hydrogens (tertiary/aromatic N) is 2. The fourth-order valence-electron chi connectivity index (χ4n) is 6.51. The zero-order valence-electron chi connectivity index (χ0n) is 14.3. The van der Waals surface area contributed by atoms with Gasteiger partial charge in [-0.25, -0.2) is 4.68 Å². The van der Waals surface area contributed by atoms with Crippen molar-refractivity contribution < 1.29 is 0 Å². The molecule has 126 valence electrons. The molecule has 1 heterocycles. The molecule has 0 saturated heterocycles. The van der Waals surface area contributed by atoms with Gasteiger partial charge in [-0.2, -0.15) is 0 Å². The van der Waals surface area contributed by atoms with E-state index in [1.165, 1.54) is 12.1 Å². The molecule has 1 aromatic heterocycles. The van der Waals surface area contributed by atoms with Crippen molar-refractivity contribution in [3.8, 4) is 5.69 Å². The second-order valence-corrected chi connectivity index (χ2v) is 9.15. The van der Waals surface area contributed by atoms with Crippen LogP contribution in [0.25, 0.3) is 5.69 Å². The summed E-state index contributed by atoms with van der Waals surface area (Å²) in [4.78, 5) is 13.3. The van der Waals surface area contributed by atoms with Gasteiger partial charge in [-0.3, -0.25) is 9.48 Å². The Morgan fingerprint density at radius 1 is 1.21 bits per heavy atom. The lowest BCUT2D eigenvalue weighted by Gasteiger charge is -2.38. The molecule has 5 heteroatoms. The second-order valence-electron chi connectivity index (χ2n) is 8.31. The average molecular weight is 363 g/mol. The smallest absolute Gasteiger partial charge is 0.275 e. The van der Waals surface area contributed by atoms with Crippen molar-refractivity contribution >= 4 is 23.2 Å². The Balaban J connectivity index is 1.81. The van der Waals surface area contributed by atoms with E-state index in [0.29, 0.717) is 27.1 Å². The maximum atomic E-state index is 13.3. The topological polar surface area (TPSA) is 26.9 Å². The molecule has 3 aliphatic rings. The van der Waals surface area contributed by atoms with Crippen molar-refractivity contribution in [3.05, 3.63) is 49.9 Å². The van der Waals surface area contributed by atoms with E-state index in [2.05, 4.69) is 20.8 Å². The van der Waals surface area contributed by atoms with Crippen molar-refractivity contribution in [2.75, 3.05) is 0 Å². The molecule has 0 N–H and O–H groups in total. The predicted molar refractivity (Wildman–Crippen MR) is 96.6 cm³/mol. The molecular weight excluding hydrogens is 343 g/mol. The summed E-state index contributed by atoms with van der Waals surface area (Å²) in [5, 5.41) is 1.08. The summed E-state index contributed by atoms with van der Waals surface area (Å²) in [6.07, 6.45) is 2.36. The zero-order valence-corrected chi connectivity index (χ0v) is 15.8. The van der Waals surface area contributed by atoms with Crippen LogP contribution in [0.5, 0.6) is 0 Å². The first kappa shape index (κ1) is 15.1. The summed E-state index contributed by atoms with van der Waals surface area (Å²) < 4.78 is 3.77. The molecule has 2 aromatic rings. The summed E-state index contributed by atoms with van der Waals surface area (Å²) in [5.41, 5.74) is 3.65. The minimum absolute atomic E-state index is 0.0797. The normalized spacial score (nSPS) is 34.3. The van der Waals surface area contributed by atoms with Crippen LogP contribution in [0.15, 0.2) is 23.0 Å². The van der Waals surface area contributed by atoms with Crippen LogP contribution in [0.2, 0.25) is 10.0 Å². The maximum absolute atomic E-state index is 13.3. The van der Waals surface area contributed by atoms with Crippen LogP contribution < -0.4 is 5.56 Å². The van der Waals surface area contributed by atoms with Gasteiger partial charge in [0.2, 0.25) is 0 Å². The number of aromatic nitrogens is 2. The van der Waals surface area contributed by atoms with Crippen molar-refractivity contribution in [2.45, 2.75) is 44.9 Å². The maximum Gasteiger partial charge on any atom is 0.275 e. The fourth-order valence-corrected chi connectivity index (χ4v) is 7.00. The van der Waals surface area contributed by atoms with Crippen LogP contribution in [0, 0.1) is 10.8 Å². The molecule has 24 heavy (non-hydrogen) atoms. The molecule has 0 bridgehead atoms. The van der Waals surface area contributed by atoms with E-state index in [-0.39, 0.29) is 16.4 Å². The third-order valence-corrected chi connectivity index (χ3v) is 8.42. The highest BCUT2D eigenvalue weighted by Crippen LogP contribution is 2.92. The quantitative estimate of drug-likeness (QED) is 0.724. The summed E-state index contributed by atoms with van der Waals surface area (Å²) in [7, 11) is 1.99. The van der Waals surface area contributed by atoms with E-state index < -0.39 is 0 Å². The molecule has 2 saturated carbocycles. The molecule has 3 aliphatic carbocycles. The number of fused-ring (bicyclic) bond motifs is 3. The van der Waals surface area contributed by atoms with Crippen LogP contribution >= 0.6 is 23.2 Å². The van der Waals surface area contributed by atoms with Crippen LogP contribution in [0.1, 0.15) is 50.8 Å². The number of hydrogen-bond donors (Lipinski definition) is 0. The standard InChI is InChI=1S/C19H20Cl2N2O/c1-17(2)18(3)15-14(11-7-8-19(11,17)18)16(24)23(22(15)4)13-6-5-10(20)9-12(13)21/h5-6,9,11H,7-8H2,1-4H3/t11?,18-,19?/m0/s1. The fraction of sp³-hybridized carbons (Fsp3) is 0.526. The molecule has 1 aromatic carbocycles. The molecule has 0 radical (unpaired) electrons. The molecule has 2 unspecified atom stereocenters. The van der Waals surface area contributed by atoms with Gasteiger partial charge in [-0.05, 0) is 47.8 Å². The number of benzene rings is 1. The van der Waals surface area contributed by atoms with E-state index in [1.54, 1.807) is 16.8 Å². The first-order chi connectivity index (χ1) is 11.2. The van der Waals surface area contributed by atoms with Gasteiger partial charge >= 0.3 is 0 Å². The van der Waals surface area contributed by atoms with Gasteiger partial charge in [0.25, 0.3) is 5.56 Å². The first-order valence-electron chi connectivity index (χ1n) is 8.48. The Labute approximate surface area is 151 Å². The average Bonchev–Trinajstić information content (AvgIpc) is 2.64. The Morgan fingerprint density at radius 2 is 1.92 bits per heavy atom. The molecule has 0 amide bonds. The monoisotopic (exact) mass is 362 g/mol. The minimum atomic E-state index is 0.0797. The first-order valence-corrected chi connectivity index (χ1v) is 9.23. The second kappa shape index (κ2) is 3.96. The highest BCUT2D eigenvalue weighted by atomic mass is 35.5. The van der Waals surface area contributed by atoms with Crippen LogP contribution in [-0.4, -0.2) is 9.36 Å². The Kier molecular flexibility index (Phi) is 2.49. The van der Waals surface area contributed by atoms with Gasteiger partial charge in [-0.1, -0.05) is 44.0 Å². The van der Waals surface area contributed by atoms with Crippen molar-refractivity contribution in [1.29, 1.82) is 0 Å². The summed E-state index contributed by atoms with van der Waals surface area (Å²) in [6.45, 7) is 7.07. The van der Waals surface area contributed by atoms with E-state index in [9.17, 15) is 4.79 Å². The van der Waals surface area contributed by atoms with E-state index in [1.807, 2.05) is 17.8 Å². The SMILES string of the molecule is Cn1c2c(c(=O)n1-c1ccc(Cl)cc1Cl)C1CCC13C(C)(C)[C@]23C. The van der Waals surface area contributed by atoms with Crippen molar-refractivity contribution in [3.63, 3.8) is 0 Å². The van der Waals surface area contributed by atoms with Gasteiger partial charge in [0, 0.05) is 23.0 Å². The van der Waals surface area contributed by atoms with Gasteiger partial charge < -0.3 is 0 Å². The number of rotatable bonds is 1. The third-order valence-electron chi connectivity index (χ3n) is 7.88. The number of hydrogen-bond acceptors (Lipinski definition) is 1. The molecule has 5 rings (SSSR count). The summed E-state index contributed by atoms with van der Waals surface area (Å²) in [5.74, 6) is 0.401. The molecule has 3 atom stereocenters. The molecule has 3 nitrogen and oxygen atoms in total. The molecular formula is C19H20Cl2N2O. The Hall–Kier alpha value is -1.19. The Bertz CT molecular complexity index is 986. The molecule has 0 aliphatic heterocycles. The highest BCUT2D eigenvalue weighted by molar-refractivity contribution is 6.35. The molecule has 2 fully saturated rings. The van der Waals surface area contributed by atoms with Crippen LogP contribution in [-0.2, 0) is 12.5 Å². The molecule has 1 spiro atoms. The van der Waals surface area contributed by atoms with Gasteiger partial charge in [0.05, 0.1) is 16.4 Å². The van der Waals surface area contributed by atoms with E-state index in [0.717, 1.165) is 12.0 Å². The summed E-state index contributed by atoms with van der Waals surface area (Å²) >= 11 is 12.4. The predicted octanol–water partition coefficient (Wildman–Crippen LogP) is 4.66. The van der Waals surface area contributed by atoms with E-state index in [4.69, 9.17) is 23.2 Å². The summed E-state index contributed by atoms with van der Waals surface area (Å²) in [6, 6.07) is 5.30. The van der Waals surface area contributed by atoms with Crippen LogP contribution in [0.4, 0.5) is 0 Å². The van der Waals surface area contributed by atoms with E-state index >= 15 is 0 Å². The third kappa shape index (κ3) is 1.19.